The van der Waals surface area contributed by atoms with Gasteiger partial charge in [-0.1, -0.05) is 6.07 Å². The van der Waals surface area contributed by atoms with Crippen LogP contribution in [-0.4, -0.2) is 72.8 Å². The van der Waals surface area contributed by atoms with Gasteiger partial charge in [0.25, 0.3) is 0 Å². The Morgan fingerprint density at radius 1 is 0.950 bits per heavy atom. The Bertz CT molecular complexity index is 1650. The van der Waals surface area contributed by atoms with E-state index < -0.39 is 18.0 Å². The minimum Gasteiger partial charge on any atom is -0.378 e. The lowest BCUT2D eigenvalue weighted by molar-refractivity contribution is -0.145. The van der Waals surface area contributed by atoms with Gasteiger partial charge >= 0.3 is 6.18 Å². The topological polar surface area (TPSA) is 114 Å². The monoisotopic (exact) mass is 548 g/mol. The van der Waals surface area contributed by atoms with Gasteiger partial charge in [0.2, 0.25) is 11.8 Å². The summed E-state index contributed by atoms with van der Waals surface area (Å²) >= 11 is 0. The first-order valence-corrected chi connectivity index (χ1v) is 12.8. The molecule has 1 saturated heterocycles. The van der Waals surface area contributed by atoms with Crippen molar-refractivity contribution in [3.63, 3.8) is 0 Å². The number of pyridine rings is 1. The fraction of sp³-hybridized carbons (Fsp3) is 0.308. The molecule has 6 heterocycles. The number of halogens is 3. The zero-order valence-electron chi connectivity index (χ0n) is 21.1. The van der Waals surface area contributed by atoms with Crippen molar-refractivity contribution in [3.05, 3.63) is 77.9 Å². The molecule has 1 fully saturated rings. The number of morpholine rings is 1. The molecule has 2 aliphatic heterocycles. The minimum atomic E-state index is -4.69. The fourth-order valence-electron chi connectivity index (χ4n) is 5.41. The van der Waals surface area contributed by atoms with Crippen LogP contribution in [0.15, 0.2) is 55.2 Å². The lowest BCUT2D eigenvalue weighted by atomic mass is 9.93. The van der Waals surface area contributed by atoms with E-state index in [0.29, 0.717) is 26.2 Å². The van der Waals surface area contributed by atoms with Crippen molar-refractivity contribution in [1.29, 1.82) is 0 Å². The Balaban J connectivity index is 1.34. The number of nitrogens with one attached hydrogen (secondary N) is 1. The van der Waals surface area contributed by atoms with Gasteiger partial charge in [-0.15, -0.1) is 0 Å². The number of aromatic amines is 1. The molecular weight excluding hydrogens is 525 g/mol. The number of aromatic nitrogens is 8. The highest BCUT2D eigenvalue weighted by atomic mass is 19.4. The number of fused-ring (bicyclic) bond motifs is 3. The molecule has 11 nitrogen and oxygen atoms in total. The van der Waals surface area contributed by atoms with Crippen LogP contribution >= 0.6 is 0 Å². The Kier molecular flexibility index (Phi) is 5.84. The normalized spacial score (nSPS) is 17.8. The largest absolute Gasteiger partial charge is 0.451 e. The summed E-state index contributed by atoms with van der Waals surface area (Å²) in [4.78, 5) is 25.0. The van der Waals surface area contributed by atoms with Crippen molar-refractivity contribution in [1.82, 2.24) is 39.9 Å². The second-order valence-electron chi connectivity index (χ2n) is 9.57. The first-order valence-electron chi connectivity index (χ1n) is 12.8. The average Bonchev–Trinajstić information content (AvgIpc) is 3.65. The van der Waals surface area contributed by atoms with Gasteiger partial charge in [0, 0.05) is 42.4 Å². The molecule has 0 spiro atoms. The maximum Gasteiger partial charge on any atom is 0.451 e. The quantitative estimate of drug-likeness (QED) is 0.361. The van der Waals surface area contributed by atoms with Crippen LogP contribution in [0.25, 0.3) is 16.6 Å². The molecule has 0 radical (unpaired) electrons. The number of anilines is 2. The molecule has 7 rings (SSSR count). The van der Waals surface area contributed by atoms with Crippen LogP contribution in [0.4, 0.5) is 24.9 Å². The molecule has 0 aliphatic carbocycles. The van der Waals surface area contributed by atoms with Gasteiger partial charge in [0.05, 0.1) is 37.3 Å². The van der Waals surface area contributed by atoms with E-state index in [4.69, 9.17) is 9.72 Å². The van der Waals surface area contributed by atoms with Crippen molar-refractivity contribution in [2.24, 2.45) is 0 Å². The number of hydrogen-bond acceptors (Lipinski definition) is 9. The minimum absolute atomic E-state index is 0.0460. The molecule has 0 unspecified atom stereocenters. The third kappa shape index (κ3) is 4.29. The van der Waals surface area contributed by atoms with Crippen molar-refractivity contribution in [2.75, 3.05) is 42.6 Å². The summed E-state index contributed by atoms with van der Waals surface area (Å²) in [5.41, 5.74) is 4.42. The summed E-state index contributed by atoms with van der Waals surface area (Å²) in [6.45, 7) is 3.14. The number of H-pyrrole nitrogens is 1. The first kappa shape index (κ1) is 24.5. The van der Waals surface area contributed by atoms with E-state index in [1.165, 1.54) is 0 Å². The molecule has 1 aromatic carbocycles. The molecule has 2 aliphatic rings. The highest BCUT2D eigenvalue weighted by Crippen LogP contribution is 2.40. The van der Waals surface area contributed by atoms with E-state index in [2.05, 4.69) is 35.0 Å². The molecule has 14 heteroatoms. The van der Waals surface area contributed by atoms with Crippen LogP contribution in [0.3, 0.4) is 0 Å². The molecule has 4 aromatic heterocycles. The Labute approximate surface area is 225 Å². The lowest BCUT2D eigenvalue weighted by Gasteiger charge is -2.36. The van der Waals surface area contributed by atoms with E-state index in [0.717, 1.165) is 58.6 Å². The third-order valence-corrected chi connectivity index (χ3v) is 7.25. The third-order valence-electron chi connectivity index (χ3n) is 7.25. The Hall–Kier alpha value is -4.59. The second kappa shape index (κ2) is 9.55. The molecule has 1 N–H and O–H groups in total. The van der Waals surface area contributed by atoms with Crippen molar-refractivity contribution < 1.29 is 17.9 Å². The van der Waals surface area contributed by atoms with Crippen LogP contribution in [0, 0.1) is 0 Å². The number of alkyl halides is 3. The highest BCUT2D eigenvalue weighted by molar-refractivity contribution is 5.87. The number of benzene rings is 1. The van der Waals surface area contributed by atoms with E-state index in [-0.39, 0.29) is 5.95 Å². The molecule has 0 bridgehead atoms. The number of rotatable bonds is 4. The average molecular weight is 549 g/mol. The lowest BCUT2D eigenvalue weighted by Crippen LogP contribution is -2.38. The molecule has 0 amide bonds. The molecule has 1 atom stereocenters. The number of ether oxygens (including phenoxy) is 1. The maximum absolute atomic E-state index is 13.5. The van der Waals surface area contributed by atoms with Gasteiger partial charge in [-0.25, -0.2) is 15.0 Å². The van der Waals surface area contributed by atoms with Gasteiger partial charge in [-0.3, -0.25) is 0 Å². The molecule has 204 valence electrons. The van der Waals surface area contributed by atoms with Crippen LogP contribution < -0.4 is 9.80 Å². The summed E-state index contributed by atoms with van der Waals surface area (Å²) < 4.78 is 45.9. The van der Waals surface area contributed by atoms with Crippen molar-refractivity contribution in [2.45, 2.75) is 18.6 Å². The van der Waals surface area contributed by atoms with E-state index in [9.17, 15) is 13.2 Å². The summed E-state index contributed by atoms with van der Waals surface area (Å²) in [5, 5.41) is 9.46. The van der Waals surface area contributed by atoms with Gasteiger partial charge in [0.15, 0.2) is 0 Å². The van der Waals surface area contributed by atoms with Gasteiger partial charge < -0.3 is 19.5 Å². The van der Waals surface area contributed by atoms with E-state index in [1.54, 1.807) is 28.3 Å². The van der Waals surface area contributed by atoms with Crippen LogP contribution in [0.1, 0.15) is 28.7 Å². The molecule has 40 heavy (non-hydrogen) atoms. The van der Waals surface area contributed by atoms with Crippen LogP contribution in [-0.2, 0) is 17.3 Å². The smallest absolute Gasteiger partial charge is 0.378 e. The number of hydrogen-bond donors (Lipinski definition) is 1. The zero-order chi connectivity index (χ0) is 27.3. The van der Waals surface area contributed by atoms with Gasteiger partial charge in [0.1, 0.15) is 12.1 Å². The summed E-state index contributed by atoms with van der Waals surface area (Å²) in [6, 6.07) is 9.28. The van der Waals surface area contributed by atoms with E-state index >= 15 is 0 Å². The zero-order valence-corrected chi connectivity index (χ0v) is 21.1. The SMILES string of the molecule is FC(F)(F)c1ncnc(N2CCc3c([nH]c4ccc(-n5nccn5)cc34)[C@@H]2c2ccc(N3CCOCC3)nc2)n1. The molecular formula is C26H23F3N10O. The Morgan fingerprint density at radius 2 is 1.77 bits per heavy atom. The van der Waals surface area contributed by atoms with Crippen molar-refractivity contribution >= 4 is 22.7 Å². The first-order chi connectivity index (χ1) is 19.5. The summed E-state index contributed by atoms with van der Waals surface area (Å²) in [6.07, 6.45) is 1.78. The van der Waals surface area contributed by atoms with Gasteiger partial charge in [-0.05, 0) is 41.8 Å². The predicted octanol–water partition coefficient (Wildman–Crippen LogP) is 3.34. The summed E-state index contributed by atoms with van der Waals surface area (Å²) in [5.74, 6) is -0.451. The second-order valence-corrected chi connectivity index (χ2v) is 9.57. The number of nitrogens with zero attached hydrogens (tertiary/aromatic N) is 9. The fourth-order valence-corrected chi connectivity index (χ4v) is 5.41. The van der Waals surface area contributed by atoms with Gasteiger partial charge in [-0.2, -0.15) is 33.1 Å². The van der Waals surface area contributed by atoms with Crippen LogP contribution in [0.5, 0.6) is 0 Å². The standard InChI is InChI=1S/C26H23F3N10O/c27-26(28,29)24-31-15-32-25(36-24)38-8-5-18-19-13-17(39-33-6-7-34-39)2-3-20(19)35-22(18)23(38)16-1-4-21(30-14-16)37-9-11-40-12-10-37/h1-4,6-7,13-15,23,35H,5,8-12H2/t23-/m0/s1. The summed E-state index contributed by atoms with van der Waals surface area (Å²) in [7, 11) is 0. The van der Waals surface area contributed by atoms with Crippen molar-refractivity contribution in [3.8, 4) is 5.69 Å². The van der Waals surface area contributed by atoms with E-state index in [1.807, 2.05) is 30.3 Å². The molecule has 0 saturated carbocycles. The highest BCUT2D eigenvalue weighted by Gasteiger charge is 2.38. The molecule has 5 aromatic rings. The maximum atomic E-state index is 13.5. The predicted molar refractivity (Wildman–Crippen MR) is 138 cm³/mol. The van der Waals surface area contributed by atoms with Crippen LogP contribution in [0.2, 0.25) is 0 Å². The Morgan fingerprint density at radius 3 is 2.52 bits per heavy atom.